The van der Waals surface area contributed by atoms with E-state index in [0.717, 1.165) is 0 Å². The minimum atomic E-state index is -0.969. The number of urea groups is 1. The quantitative estimate of drug-likeness (QED) is 0.460. The molecule has 0 aliphatic carbocycles. The second-order valence-corrected chi connectivity index (χ2v) is 3.67. The van der Waals surface area contributed by atoms with Gasteiger partial charge in [-0.1, -0.05) is 6.92 Å². The maximum atomic E-state index is 11.3. The van der Waals surface area contributed by atoms with Crippen LogP contribution in [-0.2, 0) is 9.59 Å². The van der Waals surface area contributed by atoms with E-state index in [1.54, 1.807) is 6.92 Å². The Hall–Kier alpha value is -2.03. The summed E-state index contributed by atoms with van der Waals surface area (Å²) in [5.41, 5.74) is 0. The van der Waals surface area contributed by atoms with Crippen molar-refractivity contribution in [2.75, 3.05) is 6.54 Å². The van der Waals surface area contributed by atoms with Crippen molar-refractivity contribution >= 4 is 17.9 Å². The van der Waals surface area contributed by atoms with Gasteiger partial charge in [-0.3, -0.25) is 14.9 Å². The fraction of sp³-hybridized carbons (Fsp3) is 0.545. The maximum Gasteiger partial charge on any atom is 0.321 e. The molecule has 0 radical (unpaired) electrons. The summed E-state index contributed by atoms with van der Waals surface area (Å²) in [5, 5.41) is 13.0. The number of amides is 3. The summed E-state index contributed by atoms with van der Waals surface area (Å²) in [5.74, 6) is 0.552. The Morgan fingerprint density at radius 1 is 1.35 bits per heavy atom. The lowest BCUT2D eigenvalue weighted by atomic mass is 10.0. The number of carbonyl (C=O) groups is 3. The predicted octanol–water partition coefficient (Wildman–Crippen LogP) is 0.336. The van der Waals surface area contributed by atoms with Crippen molar-refractivity contribution in [2.45, 2.75) is 26.2 Å². The largest absolute Gasteiger partial charge is 0.481 e. The molecule has 0 heterocycles. The van der Waals surface area contributed by atoms with Crippen LogP contribution in [0.2, 0.25) is 0 Å². The van der Waals surface area contributed by atoms with Crippen LogP contribution < -0.4 is 10.6 Å². The van der Waals surface area contributed by atoms with Crippen LogP contribution >= 0.6 is 0 Å². The van der Waals surface area contributed by atoms with Crippen molar-refractivity contribution in [1.82, 2.24) is 10.6 Å². The normalized spacial score (nSPS) is 11.1. The Balaban J connectivity index is 3.82. The number of hydrogen-bond donors (Lipinski definition) is 3. The first-order valence-corrected chi connectivity index (χ1v) is 5.18. The van der Waals surface area contributed by atoms with Crippen molar-refractivity contribution in [3.8, 4) is 12.3 Å². The van der Waals surface area contributed by atoms with E-state index in [-0.39, 0.29) is 18.8 Å². The summed E-state index contributed by atoms with van der Waals surface area (Å²) >= 11 is 0. The molecular weight excluding hydrogens is 224 g/mol. The molecule has 0 fully saturated rings. The van der Waals surface area contributed by atoms with Crippen LogP contribution in [0.4, 0.5) is 4.79 Å². The van der Waals surface area contributed by atoms with Gasteiger partial charge in [-0.25, -0.2) is 4.79 Å². The van der Waals surface area contributed by atoms with Crippen LogP contribution in [0.5, 0.6) is 0 Å². The lowest BCUT2D eigenvalue weighted by molar-refractivity contribution is -0.138. The van der Waals surface area contributed by atoms with E-state index >= 15 is 0 Å². The zero-order chi connectivity index (χ0) is 13.3. The highest BCUT2D eigenvalue weighted by Gasteiger charge is 2.14. The molecule has 94 valence electrons. The van der Waals surface area contributed by atoms with Crippen LogP contribution in [0.25, 0.3) is 0 Å². The molecule has 0 aliphatic heterocycles. The molecule has 0 spiro atoms. The van der Waals surface area contributed by atoms with Gasteiger partial charge < -0.3 is 10.4 Å². The van der Waals surface area contributed by atoms with E-state index in [4.69, 9.17) is 11.5 Å². The second-order valence-electron chi connectivity index (χ2n) is 3.67. The number of rotatable bonds is 6. The first kappa shape index (κ1) is 15.0. The highest BCUT2D eigenvalue weighted by Crippen LogP contribution is 2.06. The van der Waals surface area contributed by atoms with Gasteiger partial charge in [0.15, 0.2) is 0 Å². The number of imide groups is 1. The fourth-order valence-corrected chi connectivity index (χ4v) is 1.16. The van der Waals surface area contributed by atoms with Gasteiger partial charge in [0.1, 0.15) is 0 Å². The first-order chi connectivity index (χ1) is 7.95. The number of nitrogens with one attached hydrogen (secondary N) is 2. The topological polar surface area (TPSA) is 95.5 Å². The molecule has 0 aromatic rings. The van der Waals surface area contributed by atoms with E-state index < -0.39 is 17.9 Å². The lowest BCUT2D eigenvalue weighted by Crippen LogP contribution is -2.40. The number of terminal acetylenes is 1. The molecule has 3 amide bonds. The van der Waals surface area contributed by atoms with Gasteiger partial charge in [0.2, 0.25) is 5.91 Å². The average Bonchev–Trinajstić information content (AvgIpc) is 2.15. The van der Waals surface area contributed by atoms with Crippen LogP contribution in [0.15, 0.2) is 0 Å². The van der Waals surface area contributed by atoms with Crippen molar-refractivity contribution in [1.29, 1.82) is 0 Å². The molecule has 17 heavy (non-hydrogen) atoms. The van der Waals surface area contributed by atoms with Gasteiger partial charge in [-0.2, -0.15) is 0 Å². The van der Waals surface area contributed by atoms with Crippen LogP contribution in [0.1, 0.15) is 26.2 Å². The number of carboxylic acids is 1. The summed E-state index contributed by atoms with van der Waals surface area (Å²) in [6.07, 6.45) is 5.26. The van der Waals surface area contributed by atoms with E-state index in [9.17, 15) is 14.4 Å². The molecule has 3 N–H and O–H groups in total. The van der Waals surface area contributed by atoms with Gasteiger partial charge in [-0.15, -0.1) is 12.3 Å². The molecular formula is C11H16N2O4. The van der Waals surface area contributed by atoms with Gasteiger partial charge in [0, 0.05) is 25.8 Å². The van der Waals surface area contributed by atoms with Gasteiger partial charge in [0.05, 0.1) is 0 Å². The molecule has 6 heteroatoms. The number of carbonyl (C=O) groups excluding carboxylic acids is 2. The van der Waals surface area contributed by atoms with E-state index in [1.165, 1.54) is 0 Å². The summed E-state index contributed by atoms with van der Waals surface area (Å²) in [6.45, 7) is 1.92. The van der Waals surface area contributed by atoms with E-state index in [2.05, 4.69) is 16.6 Å². The molecule has 0 aromatic carbocycles. The van der Waals surface area contributed by atoms with Gasteiger partial charge in [-0.05, 0) is 5.92 Å². The third kappa shape index (κ3) is 8.93. The Bertz CT molecular complexity index is 333. The first-order valence-electron chi connectivity index (χ1n) is 5.18. The minimum absolute atomic E-state index is 0.00510. The predicted molar refractivity (Wildman–Crippen MR) is 61.0 cm³/mol. The molecule has 0 aromatic heterocycles. The Morgan fingerprint density at radius 3 is 2.53 bits per heavy atom. The number of aliphatic carboxylic acids is 1. The summed E-state index contributed by atoms with van der Waals surface area (Å²) < 4.78 is 0. The molecule has 0 aliphatic rings. The number of carboxylic acid groups (broad SMARTS) is 1. The third-order valence-corrected chi connectivity index (χ3v) is 1.86. The fourth-order valence-electron chi connectivity index (χ4n) is 1.16. The Morgan fingerprint density at radius 2 is 2.00 bits per heavy atom. The smallest absolute Gasteiger partial charge is 0.321 e. The van der Waals surface area contributed by atoms with Crippen LogP contribution in [-0.4, -0.2) is 29.6 Å². The van der Waals surface area contributed by atoms with Crippen LogP contribution in [0.3, 0.4) is 0 Å². The molecule has 1 atom stereocenters. The minimum Gasteiger partial charge on any atom is -0.481 e. The third-order valence-electron chi connectivity index (χ3n) is 1.86. The molecule has 0 rings (SSSR count). The molecule has 0 saturated carbocycles. The SMILES string of the molecule is C#CCCNC(=O)NC(=O)CC(C)CC(=O)O. The highest BCUT2D eigenvalue weighted by atomic mass is 16.4. The van der Waals surface area contributed by atoms with E-state index in [1.807, 2.05) is 0 Å². The second kappa shape index (κ2) is 8.16. The summed E-state index contributed by atoms with van der Waals surface area (Å²) in [6, 6.07) is -0.618. The Labute approximate surface area is 99.8 Å². The maximum absolute atomic E-state index is 11.3. The summed E-state index contributed by atoms with van der Waals surface area (Å²) in [4.78, 5) is 32.7. The molecule has 6 nitrogen and oxygen atoms in total. The van der Waals surface area contributed by atoms with E-state index in [0.29, 0.717) is 13.0 Å². The average molecular weight is 240 g/mol. The zero-order valence-corrected chi connectivity index (χ0v) is 9.66. The Kier molecular flexibility index (Phi) is 7.19. The zero-order valence-electron chi connectivity index (χ0n) is 9.66. The highest BCUT2D eigenvalue weighted by molar-refractivity contribution is 5.94. The molecule has 1 unspecified atom stereocenters. The van der Waals surface area contributed by atoms with Crippen molar-refractivity contribution in [2.24, 2.45) is 5.92 Å². The van der Waals surface area contributed by atoms with Gasteiger partial charge >= 0.3 is 12.0 Å². The molecule has 0 saturated heterocycles. The lowest BCUT2D eigenvalue weighted by Gasteiger charge is -2.08. The van der Waals surface area contributed by atoms with Crippen molar-refractivity contribution < 1.29 is 19.5 Å². The summed E-state index contributed by atoms with van der Waals surface area (Å²) in [7, 11) is 0. The van der Waals surface area contributed by atoms with Crippen molar-refractivity contribution in [3.05, 3.63) is 0 Å². The monoisotopic (exact) mass is 240 g/mol. The van der Waals surface area contributed by atoms with Gasteiger partial charge in [0.25, 0.3) is 0 Å². The van der Waals surface area contributed by atoms with Crippen LogP contribution in [0, 0.1) is 18.3 Å². The van der Waals surface area contributed by atoms with Crippen molar-refractivity contribution in [3.63, 3.8) is 0 Å². The number of hydrogen-bond acceptors (Lipinski definition) is 3. The molecule has 0 bridgehead atoms. The standard InChI is InChI=1S/C11H16N2O4/c1-3-4-5-12-11(17)13-9(14)6-8(2)7-10(15)16/h1,8H,4-7H2,2H3,(H,15,16)(H2,12,13,14,17).